The molecule has 0 atom stereocenters. The molecule has 2 aromatic rings. The van der Waals surface area contributed by atoms with Crippen molar-refractivity contribution in [3.8, 4) is 5.75 Å². The van der Waals surface area contributed by atoms with E-state index >= 15 is 0 Å². The number of carbonyl (C=O) groups is 1. The van der Waals surface area contributed by atoms with E-state index in [2.05, 4.69) is 10.2 Å². The topological polar surface area (TPSA) is 74.5 Å². The third kappa shape index (κ3) is 3.31. The molecule has 0 saturated heterocycles. The van der Waals surface area contributed by atoms with Crippen LogP contribution < -0.4 is 4.74 Å². The van der Waals surface area contributed by atoms with E-state index in [1.54, 1.807) is 14.0 Å². The minimum absolute atomic E-state index is 0.120. The number of rotatable bonds is 5. The molecule has 0 spiro atoms. The summed E-state index contributed by atoms with van der Waals surface area (Å²) in [7, 11) is 1.61. The van der Waals surface area contributed by atoms with Crippen LogP contribution in [0.2, 0.25) is 0 Å². The summed E-state index contributed by atoms with van der Waals surface area (Å²) >= 11 is 0. The van der Waals surface area contributed by atoms with Crippen LogP contribution in [-0.4, -0.2) is 29.9 Å². The number of ether oxygens (including phenoxy) is 2. The second-order valence-electron chi connectivity index (χ2n) is 3.75. The second-order valence-corrected chi connectivity index (χ2v) is 3.75. The molecule has 6 nitrogen and oxygen atoms in total. The first-order chi connectivity index (χ1) is 9.22. The Morgan fingerprint density at radius 2 is 2.00 bits per heavy atom. The van der Waals surface area contributed by atoms with Gasteiger partial charge in [0, 0.05) is 0 Å². The van der Waals surface area contributed by atoms with E-state index in [4.69, 9.17) is 13.9 Å². The molecule has 1 heterocycles. The Hall–Kier alpha value is -2.37. The molecule has 0 aliphatic carbocycles. The van der Waals surface area contributed by atoms with Gasteiger partial charge in [0.2, 0.25) is 5.89 Å². The van der Waals surface area contributed by atoms with Gasteiger partial charge in [-0.1, -0.05) is 12.1 Å². The van der Waals surface area contributed by atoms with Crippen molar-refractivity contribution in [3.63, 3.8) is 0 Å². The van der Waals surface area contributed by atoms with Gasteiger partial charge in [-0.3, -0.25) is 0 Å². The SMILES string of the molecule is CCOC(=O)c1nnc(Cc2ccc(OC)cc2)o1. The van der Waals surface area contributed by atoms with Crippen molar-refractivity contribution in [1.82, 2.24) is 10.2 Å². The molecule has 6 heteroatoms. The number of carbonyl (C=O) groups excluding carboxylic acids is 1. The van der Waals surface area contributed by atoms with E-state index < -0.39 is 5.97 Å². The molecule has 1 aromatic carbocycles. The van der Waals surface area contributed by atoms with Crippen LogP contribution in [0.3, 0.4) is 0 Å². The van der Waals surface area contributed by atoms with E-state index in [1.807, 2.05) is 24.3 Å². The van der Waals surface area contributed by atoms with Crippen molar-refractivity contribution in [2.75, 3.05) is 13.7 Å². The predicted molar refractivity (Wildman–Crippen MR) is 66.1 cm³/mol. The van der Waals surface area contributed by atoms with E-state index in [1.165, 1.54) is 0 Å². The van der Waals surface area contributed by atoms with Crippen molar-refractivity contribution < 1.29 is 18.7 Å². The van der Waals surface area contributed by atoms with Gasteiger partial charge in [-0.2, -0.15) is 0 Å². The van der Waals surface area contributed by atoms with Crippen LogP contribution in [0, 0.1) is 0 Å². The molecular weight excluding hydrogens is 248 g/mol. The summed E-state index contributed by atoms with van der Waals surface area (Å²) in [5, 5.41) is 7.46. The van der Waals surface area contributed by atoms with Gasteiger partial charge in [-0.15, -0.1) is 10.2 Å². The molecule has 0 aliphatic rings. The van der Waals surface area contributed by atoms with Crippen LogP contribution in [0.25, 0.3) is 0 Å². The maximum atomic E-state index is 11.4. The minimum atomic E-state index is -0.601. The highest BCUT2D eigenvalue weighted by Crippen LogP contribution is 2.14. The molecule has 0 aliphatic heterocycles. The first-order valence-corrected chi connectivity index (χ1v) is 5.85. The van der Waals surface area contributed by atoms with Gasteiger partial charge in [-0.25, -0.2) is 4.79 Å². The highest BCUT2D eigenvalue weighted by atomic mass is 16.5. The van der Waals surface area contributed by atoms with E-state index in [0.29, 0.717) is 12.3 Å². The molecule has 2 rings (SSSR count). The average molecular weight is 262 g/mol. The van der Waals surface area contributed by atoms with E-state index in [-0.39, 0.29) is 12.5 Å². The monoisotopic (exact) mass is 262 g/mol. The van der Waals surface area contributed by atoms with Crippen LogP contribution in [0.5, 0.6) is 5.75 Å². The average Bonchev–Trinajstić information content (AvgIpc) is 2.88. The van der Waals surface area contributed by atoms with Crippen molar-refractivity contribution >= 4 is 5.97 Å². The van der Waals surface area contributed by atoms with Crippen LogP contribution in [0.1, 0.15) is 29.1 Å². The van der Waals surface area contributed by atoms with E-state index in [9.17, 15) is 4.79 Å². The summed E-state index contributed by atoms with van der Waals surface area (Å²) in [4.78, 5) is 11.4. The lowest BCUT2D eigenvalue weighted by molar-refractivity contribution is 0.0479. The summed E-state index contributed by atoms with van der Waals surface area (Å²) in [5.74, 6) is 0.427. The fourth-order valence-electron chi connectivity index (χ4n) is 1.52. The highest BCUT2D eigenvalue weighted by molar-refractivity contribution is 5.83. The molecule has 0 N–H and O–H groups in total. The van der Waals surface area contributed by atoms with Gasteiger partial charge < -0.3 is 13.9 Å². The number of nitrogens with zero attached hydrogens (tertiary/aromatic N) is 2. The largest absolute Gasteiger partial charge is 0.497 e. The van der Waals surface area contributed by atoms with Crippen molar-refractivity contribution in [2.45, 2.75) is 13.3 Å². The third-order valence-electron chi connectivity index (χ3n) is 2.43. The normalized spacial score (nSPS) is 10.2. The lowest BCUT2D eigenvalue weighted by Crippen LogP contribution is -2.04. The number of benzene rings is 1. The molecule has 19 heavy (non-hydrogen) atoms. The Morgan fingerprint density at radius 1 is 1.26 bits per heavy atom. The first kappa shape index (κ1) is 13.1. The fraction of sp³-hybridized carbons (Fsp3) is 0.308. The lowest BCUT2D eigenvalue weighted by Gasteiger charge is -2.00. The van der Waals surface area contributed by atoms with E-state index in [0.717, 1.165) is 11.3 Å². The van der Waals surface area contributed by atoms with Gasteiger partial charge in [0.1, 0.15) is 5.75 Å². The summed E-state index contributed by atoms with van der Waals surface area (Å²) in [6.07, 6.45) is 0.455. The Kier molecular flexibility index (Phi) is 4.12. The maximum Gasteiger partial charge on any atom is 0.396 e. The molecular formula is C13H14N2O4. The van der Waals surface area contributed by atoms with Crippen molar-refractivity contribution in [3.05, 3.63) is 41.6 Å². The molecule has 0 bridgehead atoms. The van der Waals surface area contributed by atoms with Crippen LogP contribution in [-0.2, 0) is 11.2 Å². The van der Waals surface area contributed by atoms with Gasteiger partial charge in [0.05, 0.1) is 20.1 Å². The van der Waals surface area contributed by atoms with Gasteiger partial charge >= 0.3 is 11.9 Å². The lowest BCUT2D eigenvalue weighted by atomic mass is 10.1. The first-order valence-electron chi connectivity index (χ1n) is 5.85. The number of aromatic nitrogens is 2. The minimum Gasteiger partial charge on any atom is -0.497 e. The van der Waals surface area contributed by atoms with Gasteiger partial charge in [-0.05, 0) is 24.6 Å². The van der Waals surface area contributed by atoms with Gasteiger partial charge in [0.15, 0.2) is 0 Å². The standard InChI is InChI=1S/C13H14N2O4/c1-3-18-13(16)12-15-14-11(19-12)8-9-4-6-10(17-2)7-5-9/h4-7H,3,8H2,1-2H3. The van der Waals surface area contributed by atoms with Crippen LogP contribution in [0.4, 0.5) is 0 Å². The molecule has 0 unspecified atom stereocenters. The van der Waals surface area contributed by atoms with Gasteiger partial charge in [0.25, 0.3) is 0 Å². The number of esters is 1. The Morgan fingerprint density at radius 3 is 2.63 bits per heavy atom. The molecule has 100 valence electrons. The predicted octanol–water partition coefficient (Wildman–Crippen LogP) is 1.85. The fourth-order valence-corrected chi connectivity index (χ4v) is 1.52. The van der Waals surface area contributed by atoms with Crippen molar-refractivity contribution in [1.29, 1.82) is 0 Å². The highest BCUT2D eigenvalue weighted by Gasteiger charge is 2.15. The Labute approximate surface area is 110 Å². The summed E-state index contributed by atoms with van der Waals surface area (Å²) in [5.41, 5.74) is 0.986. The number of hydrogen-bond donors (Lipinski definition) is 0. The summed E-state index contributed by atoms with van der Waals surface area (Å²) in [6, 6.07) is 7.48. The zero-order valence-corrected chi connectivity index (χ0v) is 10.8. The maximum absolute atomic E-state index is 11.4. The van der Waals surface area contributed by atoms with Crippen LogP contribution >= 0.6 is 0 Å². The number of hydrogen-bond acceptors (Lipinski definition) is 6. The zero-order valence-electron chi connectivity index (χ0n) is 10.8. The summed E-state index contributed by atoms with van der Waals surface area (Å²) < 4.78 is 15.1. The molecule has 0 radical (unpaired) electrons. The molecule has 1 aromatic heterocycles. The summed E-state index contributed by atoms with van der Waals surface area (Å²) in [6.45, 7) is 1.99. The van der Waals surface area contributed by atoms with Crippen LogP contribution in [0.15, 0.2) is 28.7 Å². The Bertz CT molecular complexity index is 548. The van der Waals surface area contributed by atoms with Crippen molar-refractivity contribution in [2.24, 2.45) is 0 Å². The number of methoxy groups -OCH3 is 1. The molecule has 0 amide bonds. The zero-order chi connectivity index (χ0) is 13.7. The third-order valence-corrected chi connectivity index (χ3v) is 2.43. The second kappa shape index (κ2) is 5.99. The Balaban J connectivity index is 2.04. The quantitative estimate of drug-likeness (QED) is 0.765. The molecule has 0 saturated carbocycles. The molecule has 0 fully saturated rings. The smallest absolute Gasteiger partial charge is 0.396 e.